The van der Waals surface area contributed by atoms with Gasteiger partial charge < -0.3 is 14.5 Å². The lowest BCUT2D eigenvalue weighted by Crippen LogP contribution is -2.54. The topological polar surface area (TPSA) is 53.1 Å². The summed E-state index contributed by atoms with van der Waals surface area (Å²) < 4.78 is 5.23. The first-order valence-corrected chi connectivity index (χ1v) is 9.09. The van der Waals surface area contributed by atoms with Gasteiger partial charge >= 0.3 is 11.8 Å². The highest BCUT2D eigenvalue weighted by molar-refractivity contribution is 6.35. The van der Waals surface area contributed by atoms with Gasteiger partial charge in [-0.2, -0.15) is 0 Å². The number of piperazine rings is 1. The van der Waals surface area contributed by atoms with Gasteiger partial charge in [0.1, 0.15) is 0 Å². The smallest absolute Gasteiger partial charge is 0.312 e. The van der Waals surface area contributed by atoms with Crippen LogP contribution >= 0.6 is 11.6 Å². The molecule has 0 saturated carbocycles. The van der Waals surface area contributed by atoms with Crippen molar-refractivity contribution < 1.29 is 14.3 Å². The largest absolute Gasteiger partial charge is 0.378 e. The van der Waals surface area contributed by atoms with Crippen molar-refractivity contribution in [2.75, 3.05) is 52.5 Å². The third kappa shape index (κ3) is 4.32. The molecule has 1 aromatic carbocycles. The Bertz CT molecular complexity index is 608. The van der Waals surface area contributed by atoms with E-state index in [0.29, 0.717) is 39.4 Å². The van der Waals surface area contributed by atoms with Gasteiger partial charge in [-0.1, -0.05) is 23.7 Å². The first-order chi connectivity index (χ1) is 12.1. The van der Waals surface area contributed by atoms with Gasteiger partial charge in [-0.05, 0) is 24.6 Å². The number of rotatable bonds is 2. The van der Waals surface area contributed by atoms with Crippen LogP contribution in [-0.4, -0.2) is 79.0 Å². The van der Waals surface area contributed by atoms with Gasteiger partial charge in [-0.25, -0.2) is 0 Å². The van der Waals surface area contributed by atoms with Crippen molar-refractivity contribution >= 4 is 23.4 Å². The van der Waals surface area contributed by atoms with Gasteiger partial charge in [0, 0.05) is 50.3 Å². The maximum Gasteiger partial charge on any atom is 0.312 e. The summed E-state index contributed by atoms with van der Waals surface area (Å²) in [5.74, 6) is -0.789. The first kappa shape index (κ1) is 18.2. The van der Waals surface area contributed by atoms with Crippen LogP contribution in [0.3, 0.4) is 0 Å². The van der Waals surface area contributed by atoms with Gasteiger partial charge in [-0.3, -0.25) is 14.5 Å². The fraction of sp³-hybridized carbons (Fsp3) is 0.556. The van der Waals surface area contributed by atoms with E-state index < -0.39 is 5.91 Å². The molecule has 0 radical (unpaired) electrons. The molecular formula is C18H24ClN3O3. The van der Waals surface area contributed by atoms with Crippen LogP contribution in [-0.2, 0) is 14.3 Å². The van der Waals surface area contributed by atoms with E-state index in [1.807, 2.05) is 24.3 Å². The lowest BCUT2D eigenvalue weighted by Gasteiger charge is -2.38. The van der Waals surface area contributed by atoms with Crippen LogP contribution < -0.4 is 0 Å². The summed E-state index contributed by atoms with van der Waals surface area (Å²) in [6.07, 6.45) is 0. The number of carbonyl (C=O) groups is 2. The number of halogens is 1. The molecule has 2 fully saturated rings. The highest BCUT2D eigenvalue weighted by atomic mass is 35.5. The van der Waals surface area contributed by atoms with E-state index in [1.165, 1.54) is 5.56 Å². The Kier molecular flexibility index (Phi) is 5.93. The van der Waals surface area contributed by atoms with E-state index in [9.17, 15) is 9.59 Å². The van der Waals surface area contributed by atoms with E-state index in [0.717, 1.165) is 18.1 Å². The Balaban J connectivity index is 1.53. The Morgan fingerprint density at radius 2 is 1.44 bits per heavy atom. The molecule has 2 aliphatic rings. The SMILES string of the molecule is CC(c1ccc(Cl)cc1)N1CCN(C(=O)C(=O)N2CCOCC2)CC1. The van der Waals surface area contributed by atoms with Crippen molar-refractivity contribution in [2.24, 2.45) is 0 Å². The van der Waals surface area contributed by atoms with Crippen LogP contribution in [0.4, 0.5) is 0 Å². The van der Waals surface area contributed by atoms with Gasteiger partial charge in [0.2, 0.25) is 0 Å². The van der Waals surface area contributed by atoms with Crippen LogP contribution in [0.1, 0.15) is 18.5 Å². The molecule has 3 rings (SSSR count). The quantitative estimate of drug-likeness (QED) is 0.743. The van der Waals surface area contributed by atoms with Crippen molar-refractivity contribution in [3.63, 3.8) is 0 Å². The number of nitrogens with zero attached hydrogens (tertiary/aromatic N) is 3. The molecule has 2 aliphatic heterocycles. The fourth-order valence-electron chi connectivity index (χ4n) is 3.30. The van der Waals surface area contributed by atoms with Gasteiger partial charge in [0.15, 0.2) is 0 Å². The molecule has 2 heterocycles. The number of morpholine rings is 1. The van der Waals surface area contributed by atoms with Crippen molar-refractivity contribution in [3.8, 4) is 0 Å². The van der Waals surface area contributed by atoms with Crippen molar-refractivity contribution in [1.82, 2.24) is 14.7 Å². The van der Waals surface area contributed by atoms with Crippen LogP contribution in [0.15, 0.2) is 24.3 Å². The second-order valence-electron chi connectivity index (χ2n) is 6.46. The maximum atomic E-state index is 12.4. The number of hydrogen-bond donors (Lipinski definition) is 0. The monoisotopic (exact) mass is 365 g/mol. The lowest BCUT2D eigenvalue weighted by atomic mass is 10.1. The molecule has 136 valence electrons. The molecule has 1 atom stereocenters. The standard InChI is InChI=1S/C18H24ClN3O3/c1-14(15-2-4-16(19)5-3-15)20-6-8-21(9-7-20)17(23)18(24)22-10-12-25-13-11-22/h2-5,14H,6-13H2,1H3. The van der Waals surface area contributed by atoms with E-state index in [-0.39, 0.29) is 11.9 Å². The van der Waals surface area contributed by atoms with Gasteiger partial charge in [0.05, 0.1) is 13.2 Å². The van der Waals surface area contributed by atoms with Gasteiger partial charge in [0.25, 0.3) is 0 Å². The molecule has 2 saturated heterocycles. The summed E-state index contributed by atoms with van der Waals surface area (Å²) in [6.45, 7) is 6.82. The Labute approximate surface area is 153 Å². The van der Waals surface area contributed by atoms with Crippen molar-refractivity contribution in [3.05, 3.63) is 34.9 Å². The summed E-state index contributed by atoms with van der Waals surface area (Å²) in [5.41, 5.74) is 1.20. The van der Waals surface area contributed by atoms with E-state index in [1.54, 1.807) is 9.80 Å². The van der Waals surface area contributed by atoms with E-state index >= 15 is 0 Å². The molecule has 1 aromatic rings. The van der Waals surface area contributed by atoms with Crippen molar-refractivity contribution in [2.45, 2.75) is 13.0 Å². The predicted molar refractivity (Wildman–Crippen MR) is 95.4 cm³/mol. The number of carbonyl (C=O) groups excluding carboxylic acids is 2. The minimum absolute atomic E-state index is 0.254. The van der Waals surface area contributed by atoms with Crippen LogP contribution in [0.25, 0.3) is 0 Å². The summed E-state index contributed by atoms with van der Waals surface area (Å²) >= 11 is 5.95. The number of ether oxygens (including phenoxy) is 1. The fourth-order valence-corrected chi connectivity index (χ4v) is 3.43. The highest BCUT2D eigenvalue weighted by Crippen LogP contribution is 2.23. The number of hydrogen-bond acceptors (Lipinski definition) is 4. The predicted octanol–water partition coefficient (Wildman–Crippen LogP) is 1.40. The summed E-state index contributed by atoms with van der Waals surface area (Å²) in [7, 11) is 0. The van der Waals surface area contributed by atoms with E-state index in [4.69, 9.17) is 16.3 Å². The molecule has 2 amide bonds. The number of benzene rings is 1. The Morgan fingerprint density at radius 3 is 2.00 bits per heavy atom. The summed E-state index contributed by atoms with van der Waals surface area (Å²) in [6, 6.07) is 8.12. The van der Waals surface area contributed by atoms with Crippen LogP contribution in [0, 0.1) is 0 Å². The van der Waals surface area contributed by atoms with Crippen molar-refractivity contribution in [1.29, 1.82) is 0 Å². The Morgan fingerprint density at radius 1 is 0.920 bits per heavy atom. The van der Waals surface area contributed by atoms with Crippen LogP contribution in [0.5, 0.6) is 0 Å². The molecule has 0 aromatic heterocycles. The molecule has 7 heteroatoms. The minimum atomic E-state index is -0.400. The zero-order valence-corrected chi connectivity index (χ0v) is 15.2. The average molecular weight is 366 g/mol. The molecule has 0 aliphatic carbocycles. The normalized spacial score (nSPS) is 20.4. The molecular weight excluding hydrogens is 342 g/mol. The molecule has 0 spiro atoms. The summed E-state index contributed by atoms with van der Waals surface area (Å²) in [5, 5.41) is 0.730. The second kappa shape index (κ2) is 8.17. The second-order valence-corrected chi connectivity index (χ2v) is 6.90. The molecule has 1 unspecified atom stereocenters. The van der Waals surface area contributed by atoms with E-state index in [2.05, 4.69) is 11.8 Å². The molecule has 6 nitrogen and oxygen atoms in total. The third-order valence-electron chi connectivity index (χ3n) is 4.98. The Hall–Kier alpha value is -1.63. The van der Waals surface area contributed by atoms with Crippen LogP contribution in [0.2, 0.25) is 5.02 Å². The maximum absolute atomic E-state index is 12.4. The first-order valence-electron chi connectivity index (χ1n) is 8.71. The zero-order chi connectivity index (χ0) is 17.8. The minimum Gasteiger partial charge on any atom is -0.378 e. The molecule has 0 N–H and O–H groups in total. The van der Waals surface area contributed by atoms with Gasteiger partial charge in [-0.15, -0.1) is 0 Å². The third-order valence-corrected chi connectivity index (χ3v) is 5.23. The molecule has 25 heavy (non-hydrogen) atoms. The highest BCUT2D eigenvalue weighted by Gasteiger charge is 2.31. The number of amides is 2. The lowest BCUT2D eigenvalue weighted by molar-refractivity contribution is -0.155. The average Bonchev–Trinajstić information content (AvgIpc) is 2.67. The summed E-state index contributed by atoms with van der Waals surface area (Å²) in [4.78, 5) is 30.3. The molecule has 0 bridgehead atoms. The zero-order valence-electron chi connectivity index (χ0n) is 14.5.